The number of aryl methyl sites for hydroxylation is 1. The molecule has 0 aliphatic carbocycles. The van der Waals surface area contributed by atoms with Gasteiger partial charge in [0.25, 0.3) is 5.91 Å². The number of hydrogen-bond acceptors (Lipinski definition) is 3. The Morgan fingerprint density at radius 2 is 1.71 bits per heavy atom. The zero-order valence-corrected chi connectivity index (χ0v) is 15.7. The number of carbonyl (C=O) groups excluding carboxylic acids is 2. The van der Waals surface area contributed by atoms with Gasteiger partial charge in [0.2, 0.25) is 0 Å². The third-order valence-corrected chi connectivity index (χ3v) is 4.78. The highest BCUT2D eigenvalue weighted by atomic mass is 16.4. The third kappa shape index (κ3) is 4.49. The number of nitrogens with zero attached hydrogens (tertiary/aromatic N) is 1. The summed E-state index contributed by atoms with van der Waals surface area (Å²) in [5.41, 5.74) is 2.79. The van der Waals surface area contributed by atoms with Gasteiger partial charge in [-0.25, -0.2) is 9.59 Å². The predicted molar refractivity (Wildman–Crippen MR) is 106 cm³/mol. The maximum atomic E-state index is 12.8. The molecular formula is C21H23N3O4. The number of nitrogens with one attached hydrogen (secondary N) is 2. The van der Waals surface area contributed by atoms with Crippen molar-refractivity contribution in [3.05, 3.63) is 64.7 Å². The van der Waals surface area contributed by atoms with Crippen molar-refractivity contribution >= 4 is 23.6 Å². The number of carboxylic acid groups (broad SMARTS) is 1. The lowest BCUT2D eigenvalue weighted by atomic mass is 10.1. The summed E-state index contributed by atoms with van der Waals surface area (Å²) in [7, 11) is 0. The molecule has 0 aromatic heterocycles. The quantitative estimate of drug-likeness (QED) is 0.740. The highest BCUT2D eigenvalue weighted by Crippen LogP contribution is 2.23. The van der Waals surface area contributed by atoms with Crippen molar-refractivity contribution in [2.45, 2.75) is 26.3 Å². The van der Waals surface area contributed by atoms with Crippen molar-refractivity contribution in [3.63, 3.8) is 0 Å². The van der Waals surface area contributed by atoms with E-state index in [9.17, 15) is 14.4 Å². The van der Waals surface area contributed by atoms with Crippen LogP contribution in [-0.4, -0.2) is 41.0 Å². The summed E-state index contributed by atoms with van der Waals surface area (Å²) in [5, 5.41) is 14.4. The predicted octanol–water partition coefficient (Wildman–Crippen LogP) is 3.25. The van der Waals surface area contributed by atoms with Gasteiger partial charge in [0.1, 0.15) is 0 Å². The highest BCUT2D eigenvalue weighted by molar-refractivity contribution is 6.04. The SMILES string of the molecule is Cc1cccc(NC(=O)NCc2ccc(C(=O)O)cc2)c1C(=O)N1CCCC1. The molecule has 1 aliphatic heterocycles. The van der Waals surface area contributed by atoms with Crippen LogP contribution in [0.15, 0.2) is 42.5 Å². The van der Waals surface area contributed by atoms with E-state index in [1.54, 1.807) is 24.3 Å². The van der Waals surface area contributed by atoms with Gasteiger partial charge in [-0.1, -0.05) is 24.3 Å². The second kappa shape index (κ2) is 8.56. The van der Waals surface area contributed by atoms with E-state index in [1.165, 1.54) is 12.1 Å². The minimum Gasteiger partial charge on any atom is -0.478 e. The Labute approximate surface area is 163 Å². The number of urea groups is 1. The number of rotatable bonds is 5. The van der Waals surface area contributed by atoms with E-state index in [4.69, 9.17) is 5.11 Å². The van der Waals surface area contributed by atoms with E-state index in [0.29, 0.717) is 11.3 Å². The Hall–Kier alpha value is -3.35. The van der Waals surface area contributed by atoms with E-state index in [0.717, 1.165) is 37.1 Å². The summed E-state index contributed by atoms with van der Waals surface area (Å²) in [6.45, 7) is 3.58. The van der Waals surface area contributed by atoms with E-state index in [2.05, 4.69) is 10.6 Å². The maximum Gasteiger partial charge on any atom is 0.335 e. The number of carbonyl (C=O) groups is 3. The third-order valence-electron chi connectivity index (χ3n) is 4.78. The van der Waals surface area contributed by atoms with Crippen molar-refractivity contribution in [2.75, 3.05) is 18.4 Å². The first-order valence-electron chi connectivity index (χ1n) is 9.21. The number of aromatic carboxylic acids is 1. The van der Waals surface area contributed by atoms with Gasteiger partial charge in [-0.05, 0) is 49.1 Å². The molecule has 0 saturated carbocycles. The molecule has 0 bridgehead atoms. The van der Waals surface area contributed by atoms with Crippen LogP contribution in [-0.2, 0) is 6.54 Å². The molecule has 146 valence electrons. The molecule has 7 nitrogen and oxygen atoms in total. The zero-order chi connectivity index (χ0) is 20.1. The monoisotopic (exact) mass is 381 g/mol. The molecule has 1 heterocycles. The van der Waals surface area contributed by atoms with Crippen LogP contribution < -0.4 is 10.6 Å². The van der Waals surface area contributed by atoms with Gasteiger partial charge in [-0.15, -0.1) is 0 Å². The van der Waals surface area contributed by atoms with Crippen molar-refractivity contribution in [2.24, 2.45) is 0 Å². The average Bonchev–Trinajstić information content (AvgIpc) is 3.21. The Balaban J connectivity index is 1.66. The fourth-order valence-electron chi connectivity index (χ4n) is 3.25. The van der Waals surface area contributed by atoms with Crippen LogP contribution in [0.3, 0.4) is 0 Å². The van der Waals surface area contributed by atoms with Gasteiger partial charge in [-0.3, -0.25) is 4.79 Å². The van der Waals surface area contributed by atoms with Gasteiger partial charge in [0.05, 0.1) is 16.8 Å². The first-order valence-corrected chi connectivity index (χ1v) is 9.21. The smallest absolute Gasteiger partial charge is 0.335 e. The first-order chi connectivity index (χ1) is 13.5. The van der Waals surface area contributed by atoms with Crippen molar-refractivity contribution < 1.29 is 19.5 Å². The summed E-state index contributed by atoms with van der Waals surface area (Å²) in [6, 6.07) is 11.2. The van der Waals surface area contributed by atoms with Gasteiger partial charge in [0.15, 0.2) is 0 Å². The molecule has 28 heavy (non-hydrogen) atoms. The number of benzene rings is 2. The molecule has 2 aromatic carbocycles. The molecule has 3 N–H and O–H groups in total. The molecule has 3 rings (SSSR count). The summed E-state index contributed by atoms with van der Waals surface area (Å²) < 4.78 is 0. The van der Waals surface area contributed by atoms with Gasteiger partial charge in [-0.2, -0.15) is 0 Å². The summed E-state index contributed by atoms with van der Waals surface area (Å²) >= 11 is 0. The molecule has 1 aliphatic rings. The number of amides is 3. The number of carboxylic acids is 1. The van der Waals surface area contributed by atoms with Crippen molar-refractivity contribution in [1.29, 1.82) is 0 Å². The fourth-order valence-corrected chi connectivity index (χ4v) is 3.25. The number of hydrogen-bond donors (Lipinski definition) is 3. The lowest BCUT2D eigenvalue weighted by Crippen LogP contribution is -2.32. The maximum absolute atomic E-state index is 12.8. The Bertz CT molecular complexity index is 887. The summed E-state index contributed by atoms with van der Waals surface area (Å²) in [6.07, 6.45) is 2.00. The Morgan fingerprint density at radius 3 is 2.36 bits per heavy atom. The minimum atomic E-state index is -0.994. The molecule has 0 spiro atoms. The van der Waals surface area contributed by atoms with E-state index in [1.807, 2.05) is 17.9 Å². The number of likely N-dealkylation sites (tertiary alicyclic amines) is 1. The first kappa shape index (κ1) is 19.4. The van der Waals surface area contributed by atoms with Crippen LogP contribution in [0.2, 0.25) is 0 Å². The fraction of sp³-hybridized carbons (Fsp3) is 0.286. The molecule has 1 saturated heterocycles. The highest BCUT2D eigenvalue weighted by Gasteiger charge is 2.24. The normalized spacial score (nSPS) is 13.2. The minimum absolute atomic E-state index is 0.0600. The molecule has 7 heteroatoms. The van der Waals surface area contributed by atoms with E-state index < -0.39 is 12.0 Å². The molecular weight excluding hydrogens is 358 g/mol. The Kier molecular flexibility index (Phi) is 5.93. The topological polar surface area (TPSA) is 98.7 Å². The summed E-state index contributed by atoms with van der Waals surface area (Å²) in [4.78, 5) is 37.9. The standard InChI is InChI=1S/C21H23N3O4/c1-14-5-4-6-17(18(14)19(25)24-11-2-3-12-24)23-21(28)22-13-15-7-9-16(10-8-15)20(26)27/h4-10H,2-3,11-13H2,1H3,(H,26,27)(H2,22,23,28). The van der Waals surface area contributed by atoms with Crippen molar-refractivity contribution in [3.8, 4) is 0 Å². The van der Waals surface area contributed by atoms with E-state index >= 15 is 0 Å². The van der Waals surface area contributed by atoms with Gasteiger partial charge >= 0.3 is 12.0 Å². The van der Waals surface area contributed by atoms with Gasteiger partial charge in [0, 0.05) is 19.6 Å². The molecule has 3 amide bonds. The second-order valence-corrected chi connectivity index (χ2v) is 6.81. The summed E-state index contributed by atoms with van der Waals surface area (Å²) in [5.74, 6) is -1.05. The second-order valence-electron chi connectivity index (χ2n) is 6.81. The van der Waals surface area contributed by atoms with E-state index in [-0.39, 0.29) is 18.0 Å². The number of anilines is 1. The van der Waals surface area contributed by atoms with Crippen LogP contribution in [0, 0.1) is 6.92 Å². The molecule has 0 radical (unpaired) electrons. The lowest BCUT2D eigenvalue weighted by molar-refractivity contribution is 0.0696. The van der Waals surface area contributed by atoms with Crippen LogP contribution in [0.25, 0.3) is 0 Å². The molecule has 2 aromatic rings. The molecule has 0 unspecified atom stereocenters. The largest absolute Gasteiger partial charge is 0.478 e. The average molecular weight is 381 g/mol. The van der Waals surface area contributed by atoms with Crippen molar-refractivity contribution in [1.82, 2.24) is 10.2 Å². The van der Waals surface area contributed by atoms with Crippen LogP contribution >= 0.6 is 0 Å². The molecule has 1 fully saturated rings. The zero-order valence-electron chi connectivity index (χ0n) is 15.7. The van der Waals surface area contributed by atoms with Crippen LogP contribution in [0.5, 0.6) is 0 Å². The van der Waals surface area contributed by atoms with Crippen LogP contribution in [0.4, 0.5) is 10.5 Å². The lowest BCUT2D eigenvalue weighted by Gasteiger charge is -2.20. The van der Waals surface area contributed by atoms with Crippen LogP contribution in [0.1, 0.15) is 44.7 Å². The molecule has 0 atom stereocenters. The van der Waals surface area contributed by atoms with Gasteiger partial charge < -0.3 is 20.6 Å². The Morgan fingerprint density at radius 1 is 1.04 bits per heavy atom.